The summed E-state index contributed by atoms with van der Waals surface area (Å²) >= 11 is 3.49. The van der Waals surface area contributed by atoms with E-state index in [1.165, 1.54) is 12.8 Å². The largest absolute Gasteiger partial charge is 0.385 e. The molecular weight excluding hydrogens is 406 g/mol. The quantitative estimate of drug-likeness (QED) is 0.352. The maximum atomic E-state index is 4.55. The van der Waals surface area contributed by atoms with Gasteiger partial charge in [-0.25, -0.2) is 9.97 Å². The molecule has 2 aromatic heterocycles. The summed E-state index contributed by atoms with van der Waals surface area (Å²) in [6.07, 6.45) is 8.49. The van der Waals surface area contributed by atoms with Crippen LogP contribution in [0.15, 0.2) is 47.5 Å². The molecule has 0 saturated carbocycles. The number of benzene rings is 1. The Bertz CT molecular complexity index is 819. The maximum Gasteiger partial charge on any atom is 0.229 e. The first kappa shape index (κ1) is 19.2. The Hall–Kier alpha value is -2.61. The van der Waals surface area contributed by atoms with Gasteiger partial charge in [-0.3, -0.25) is 0 Å². The van der Waals surface area contributed by atoms with Crippen LogP contribution in [0.3, 0.4) is 0 Å². The molecule has 27 heavy (non-hydrogen) atoms. The van der Waals surface area contributed by atoms with Crippen LogP contribution in [0.5, 0.6) is 0 Å². The van der Waals surface area contributed by atoms with Gasteiger partial charge in [0.2, 0.25) is 5.95 Å². The maximum absolute atomic E-state index is 4.55. The summed E-state index contributed by atoms with van der Waals surface area (Å²) in [6, 6.07) is 8.15. The number of H-pyrrole nitrogens is 1. The first-order valence-corrected chi connectivity index (χ1v) is 9.89. The molecule has 0 bridgehead atoms. The fourth-order valence-corrected chi connectivity index (χ4v) is 2.83. The van der Waals surface area contributed by atoms with Gasteiger partial charge >= 0.3 is 0 Å². The fraction of sp³-hybridized carbons (Fsp3) is 0.316. The minimum Gasteiger partial charge on any atom is -0.385 e. The molecule has 1 aromatic carbocycles. The van der Waals surface area contributed by atoms with E-state index in [4.69, 9.17) is 0 Å². The molecule has 142 valence electrons. The summed E-state index contributed by atoms with van der Waals surface area (Å²) in [7, 11) is 0. The van der Waals surface area contributed by atoms with E-state index < -0.39 is 0 Å². The Kier molecular flexibility index (Phi) is 7.04. The second-order valence-electron chi connectivity index (χ2n) is 6.11. The van der Waals surface area contributed by atoms with Crippen molar-refractivity contribution in [1.29, 1.82) is 0 Å². The normalized spacial score (nSPS) is 10.6. The molecule has 0 fully saturated rings. The van der Waals surface area contributed by atoms with Gasteiger partial charge in [-0.1, -0.05) is 13.3 Å². The summed E-state index contributed by atoms with van der Waals surface area (Å²) in [4.78, 5) is 16.1. The lowest BCUT2D eigenvalue weighted by molar-refractivity contribution is 0.834. The first-order chi connectivity index (χ1) is 13.2. The molecule has 7 nitrogen and oxygen atoms in total. The van der Waals surface area contributed by atoms with Gasteiger partial charge in [0.1, 0.15) is 5.82 Å². The first-order valence-electron chi connectivity index (χ1n) is 9.09. The number of halogens is 1. The third-order valence-corrected chi connectivity index (χ3v) is 4.55. The molecule has 0 spiro atoms. The SMILES string of the molecule is CCCCNc1ccc(Nc2ncc(Br)c(NCCc3c[nH]cn3)n2)cc1. The number of hydrogen-bond donors (Lipinski definition) is 4. The summed E-state index contributed by atoms with van der Waals surface area (Å²) in [5.41, 5.74) is 3.07. The minimum absolute atomic E-state index is 0.548. The van der Waals surface area contributed by atoms with Gasteiger partial charge in [0.25, 0.3) is 0 Å². The van der Waals surface area contributed by atoms with Gasteiger partial charge in [-0.2, -0.15) is 4.98 Å². The monoisotopic (exact) mass is 429 g/mol. The molecule has 0 aliphatic rings. The van der Waals surface area contributed by atoms with Crippen LogP contribution in [-0.2, 0) is 6.42 Å². The summed E-state index contributed by atoms with van der Waals surface area (Å²) in [6.45, 7) is 3.91. The molecule has 0 unspecified atom stereocenters. The lowest BCUT2D eigenvalue weighted by atomic mass is 10.2. The summed E-state index contributed by atoms with van der Waals surface area (Å²) < 4.78 is 0.825. The molecule has 8 heteroatoms. The lowest BCUT2D eigenvalue weighted by Gasteiger charge is -2.11. The van der Waals surface area contributed by atoms with Gasteiger partial charge < -0.3 is 20.9 Å². The fourth-order valence-electron chi connectivity index (χ4n) is 2.50. The van der Waals surface area contributed by atoms with Crippen molar-refractivity contribution in [1.82, 2.24) is 19.9 Å². The molecule has 0 aliphatic carbocycles. The third kappa shape index (κ3) is 5.96. The van der Waals surface area contributed by atoms with Crippen LogP contribution in [-0.4, -0.2) is 33.0 Å². The minimum atomic E-state index is 0.548. The second kappa shape index (κ2) is 9.91. The van der Waals surface area contributed by atoms with Crippen molar-refractivity contribution in [2.24, 2.45) is 0 Å². The Balaban J connectivity index is 1.56. The van der Waals surface area contributed by atoms with Crippen molar-refractivity contribution < 1.29 is 0 Å². The zero-order valence-electron chi connectivity index (χ0n) is 15.3. The van der Waals surface area contributed by atoms with E-state index >= 15 is 0 Å². The zero-order valence-corrected chi connectivity index (χ0v) is 16.9. The van der Waals surface area contributed by atoms with Crippen LogP contribution in [0.4, 0.5) is 23.1 Å². The predicted octanol–water partition coefficient (Wildman–Crippen LogP) is 4.57. The van der Waals surface area contributed by atoms with E-state index in [0.29, 0.717) is 5.95 Å². The average Bonchev–Trinajstić information content (AvgIpc) is 3.19. The van der Waals surface area contributed by atoms with Crippen LogP contribution in [0.25, 0.3) is 0 Å². The molecule has 4 N–H and O–H groups in total. The van der Waals surface area contributed by atoms with Crippen molar-refractivity contribution in [2.75, 3.05) is 29.0 Å². The van der Waals surface area contributed by atoms with E-state index in [0.717, 1.165) is 46.9 Å². The highest BCUT2D eigenvalue weighted by Crippen LogP contribution is 2.22. The second-order valence-corrected chi connectivity index (χ2v) is 6.96. The molecule has 0 amide bonds. The van der Waals surface area contributed by atoms with Crippen LogP contribution in [0, 0.1) is 0 Å². The molecular formula is C19H24BrN7. The Morgan fingerprint density at radius 2 is 1.85 bits per heavy atom. The van der Waals surface area contributed by atoms with Crippen LogP contribution < -0.4 is 16.0 Å². The van der Waals surface area contributed by atoms with Gasteiger partial charge in [0.15, 0.2) is 0 Å². The van der Waals surface area contributed by atoms with Crippen molar-refractivity contribution in [3.05, 3.63) is 53.2 Å². The van der Waals surface area contributed by atoms with E-state index in [-0.39, 0.29) is 0 Å². The number of aromatic nitrogens is 4. The molecule has 3 aromatic rings. The van der Waals surface area contributed by atoms with Gasteiger partial charge in [-0.15, -0.1) is 0 Å². The van der Waals surface area contributed by atoms with Crippen molar-refractivity contribution in [3.63, 3.8) is 0 Å². The topological polar surface area (TPSA) is 90.6 Å². The summed E-state index contributed by atoms with van der Waals surface area (Å²) in [5, 5.41) is 9.96. The number of aromatic amines is 1. The van der Waals surface area contributed by atoms with Crippen LogP contribution >= 0.6 is 15.9 Å². The van der Waals surface area contributed by atoms with Gasteiger partial charge in [-0.05, 0) is 46.6 Å². The van der Waals surface area contributed by atoms with E-state index in [9.17, 15) is 0 Å². The lowest BCUT2D eigenvalue weighted by Crippen LogP contribution is -2.09. The standard InChI is InChI=1S/C19H24BrN7/c1-2-3-9-22-14-4-6-15(7-5-14)26-19-24-12-17(20)18(27-19)23-10-8-16-11-21-13-25-16/h4-7,11-13,22H,2-3,8-10H2,1H3,(H,21,25)(H2,23,24,26,27). The number of anilines is 4. The highest BCUT2D eigenvalue weighted by atomic mass is 79.9. The van der Waals surface area contributed by atoms with Crippen LogP contribution in [0.2, 0.25) is 0 Å². The molecule has 2 heterocycles. The van der Waals surface area contributed by atoms with E-state index in [2.05, 4.69) is 70.9 Å². The van der Waals surface area contributed by atoms with Crippen molar-refractivity contribution in [3.8, 4) is 0 Å². The number of hydrogen-bond acceptors (Lipinski definition) is 6. The molecule has 0 radical (unpaired) electrons. The highest BCUT2D eigenvalue weighted by Gasteiger charge is 2.06. The predicted molar refractivity (Wildman–Crippen MR) is 114 cm³/mol. The number of rotatable bonds is 10. The van der Waals surface area contributed by atoms with Crippen molar-refractivity contribution >= 4 is 39.1 Å². The number of imidazole rings is 1. The Labute approximate surface area is 167 Å². The van der Waals surface area contributed by atoms with Crippen molar-refractivity contribution in [2.45, 2.75) is 26.2 Å². The third-order valence-electron chi connectivity index (χ3n) is 3.97. The highest BCUT2D eigenvalue weighted by molar-refractivity contribution is 9.10. The summed E-state index contributed by atoms with van der Waals surface area (Å²) in [5.74, 6) is 1.30. The average molecular weight is 430 g/mol. The number of unbranched alkanes of at least 4 members (excludes halogenated alkanes) is 1. The number of nitrogens with zero attached hydrogens (tertiary/aromatic N) is 3. The van der Waals surface area contributed by atoms with Gasteiger partial charge in [0.05, 0.1) is 16.5 Å². The Morgan fingerprint density at radius 3 is 2.59 bits per heavy atom. The van der Waals surface area contributed by atoms with Gasteiger partial charge in [0, 0.05) is 43.3 Å². The molecule has 0 saturated heterocycles. The van der Waals surface area contributed by atoms with E-state index in [1.54, 1.807) is 12.5 Å². The molecule has 0 aliphatic heterocycles. The number of nitrogens with one attached hydrogen (secondary N) is 4. The molecule has 0 atom stereocenters. The van der Waals surface area contributed by atoms with E-state index in [1.807, 2.05) is 18.3 Å². The Morgan fingerprint density at radius 1 is 1.04 bits per heavy atom. The zero-order chi connectivity index (χ0) is 18.9. The molecule has 3 rings (SSSR count). The smallest absolute Gasteiger partial charge is 0.229 e. The van der Waals surface area contributed by atoms with Crippen LogP contribution in [0.1, 0.15) is 25.5 Å².